The molecule has 1 fully saturated rings. The Morgan fingerprint density at radius 2 is 1.90 bits per heavy atom. The summed E-state index contributed by atoms with van der Waals surface area (Å²) in [5, 5.41) is 14.5. The van der Waals surface area contributed by atoms with Crippen molar-refractivity contribution in [1.82, 2.24) is 30.6 Å². The van der Waals surface area contributed by atoms with Crippen molar-refractivity contribution in [1.29, 1.82) is 0 Å². The van der Waals surface area contributed by atoms with Crippen LogP contribution in [-0.4, -0.2) is 60.0 Å². The van der Waals surface area contributed by atoms with Crippen LogP contribution in [0.25, 0.3) is 5.69 Å². The smallest absolute Gasteiger partial charge is 0.315 e. The number of nitrogens with zero attached hydrogens (tertiary/aromatic N) is 3. The van der Waals surface area contributed by atoms with Crippen LogP contribution in [0.15, 0.2) is 71.9 Å². The monoisotopic (exact) mass is 542 g/mol. The van der Waals surface area contributed by atoms with Gasteiger partial charge in [0.05, 0.1) is 23.6 Å². The van der Waals surface area contributed by atoms with Crippen molar-refractivity contribution in [3.05, 3.63) is 94.6 Å². The number of nitrogens with one attached hydrogen (secondary N) is 3. The summed E-state index contributed by atoms with van der Waals surface area (Å²) < 4.78 is 15.5. The first-order chi connectivity index (χ1) is 19.6. The lowest BCUT2D eigenvalue weighted by molar-refractivity contribution is 0.223. The van der Waals surface area contributed by atoms with E-state index in [0.29, 0.717) is 12.5 Å². The number of carbonyl (C=O) groups is 1. The summed E-state index contributed by atoms with van der Waals surface area (Å²) in [5.74, 6) is 0.431. The van der Waals surface area contributed by atoms with Gasteiger partial charge in [-0.3, -0.25) is 4.90 Å². The van der Waals surface area contributed by atoms with Gasteiger partial charge in [-0.1, -0.05) is 48.4 Å². The number of benzene rings is 2. The molecule has 3 atom stereocenters. The summed E-state index contributed by atoms with van der Waals surface area (Å²) in [4.78, 5) is 15.4. The summed E-state index contributed by atoms with van der Waals surface area (Å²) in [6, 6.07) is 16.7. The first-order valence-electron chi connectivity index (χ1n) is 14.6. The maximum Gasteiger partial charge on any atom is 0.315 e. The number of hydrogen-bond donors (Lipinski definition) is 3. The average molecular weight is 543 g/mol. The van der Waals surface area contributed by atoms with Crippen LogP contribution >= 0.6 is 0 Å². The van der Waals surface area contributed by atoms with Gasteiger partial charge in [-0.05, 0) is 55.0 Å². The van der Waals surface area contributed by atoms with Crippen molar-refractivity contribution >= 4 is 6.03 Å². The van der Waals surface area contributed by atoms with Gasteiger partial charge < -0.3 is 16.0 Å². The molecule has 7 nitrogen and oxygen atoms in total. The first-order valence-corrected chi connectivity index (χ1v) is 14.6. The van der Waals surface area contributed by atoms with Crippen molar-refractivity contribution in [3.8, 4) is 5.69 Å². The second-order valence-electron chi connectivity index (χ2n) is 11.3. The Labute approximate surface area is 235 Å². The molecule has 1 saturated heterocycles. The Hall–Kier alpha value is -3.49. The highest BCUT2D eigenvalue weighted by Crippen LogP contribution is 2.49. The van der Waals surface area contributed by atoms with E-state index in [0.717, 1.165) is 69.7 Å². The number of halogens is 1. The van der Waals surface area contributed by atoms with E-state index in [-0.39, 0.29) is 23.8 Å². The van der Waals surface area contributed by atoms with Crippen molar-refractivity contribution in [2.24, 2.45) is 5.92 Å². The predicted molar refractivity (Wildman–Crippen MR) is 155 cm³/mol. The molecule has 8 heteroatoms. The van der Waals surface area contributed by atoms with E-state index >= 15 is 0 Å². The highest BCUT2D eigenvalue weighted by atomic mass is 19.1. The van der Waals surface area contributed by atoms with Crippen LogP contribution in [0.5, 0.6) is 0 Å². The lowest BCUT2D eigenvalue weighted by atomic mass is 9.78. The normalized spacial score (nSPS) is 21.6. The molecule has 6 rings (SSSR count). The van der Waals surface area contributed by atoms with Crippen LogP contribution in [0, 0.1) is 11.7 Å². The minimum Gasteiger partial charge on any atom is -0.337 e. The zero-order valence-electron chi connectivity index (χ0n) is 23.2. The summed E-state index contributed by atoms with van der Waals surface area (Å²) in [7, 11) is 0. The number of amides is 2. The second kappa shape index (κ2) is 11.9. The SMILES string of the molecule is C[C@@H]1C2=C(CC[C@@H]2CC(NC(=O)NCCN2CCNCC2)c2ccccc2)Cc2c1cnn2-c1ccc(F)cc1. The molecule has 0 saturated carbocycles. The van der Waals surface area contributed by atoms with Crippen LogP contribution < -0.4 is 16.0 Å². The van der Waals surface area contributed by atoms with Crippen molar-refractivity contribution in [2.75, 3.05) is 39.3 Å². The van der Waals surface area contributed by atoms with Gasteiger partial charge in [0.25, 0.3) is 0 Å². The minimum absolute atomic E-state index is 0.0622. The molecule has 210 valence electrons. The van der Waals surface area contributed by atoms with Crippen LogP contribution in [0.2, 0.25) is 0 Å². The van der Waals surface area contributed by atoms with Crippen LogP contribution in [0.4, 0.5) is 9.18 Å². The molecular formula is C32H39FN6O. The number of urea groups is 1. The number of carbonyl (C=O) groups excluding carboxylic acids is 1. The Kier molecular flexibility index (Phi) is 7.98. The summed E-state index contributed by atoms with van der Waals surface area (Å²) in [6.45, 7) is 7.87. The number of piperazine rings is 1. The van der Waals surface area contributed by atoms with Gasteiger partial charge in [0, 0.05) is 57.2 Å². The third kappa shape index (κ3) is 5.69. The standard InChI is InChI=1S/C32H39FN6O/c1-22-28-21-36-39(27-11-9-26(33)10-12-27)30(28)20-25-8-7-24(31(22)25)19-29(23-5-3-2-4-6-23)37-32(40)35-15-18-38-16-13-34-14-17-38/h2-6,9-12,21-22,24,29,34H,7-8,13-20H2,1H3,(H2,35,37,40)/t22-,24+,29?/m0/s1. The van der Waals surface area contributed by atoms with Gasteiger partial charge in [0.1, 0.15) is 5.82 Å². The molecule has 40 heavy (non-hydrogen) atoms. The molecule has 1 unspecified atom stereocenters. The molecule has 3 aromatic rings. The molecule has 0 spiro atoms. The van der Waals surface area contributed by atoms with Gasteiger partial charge in [0.15, 0.2) is 0 Å². The maximum absolute atomic E-state index is 13.5. The van der Waals surface area contributed by atoms with Gasteiger partial charge in [-0.25, -0.2) is 13.9 Å². The number of hydrogen-bond acceptors (Lipinski definition) is 4. The molecule has 2 heterocycles. The molecule has 2 amide bonds. The van der Waals surface area contributed by atoms with Gasteiger partial charge in [-0.2, -0.15) is 5.10 Å². The van der Waals surface area contributed by atoms with E-state index < -0.39 is 0 Å². The minimum atomic E-state index is -0.239. The van der Waals surface area contributed by atoms with E-state index in [1.165, 1.54) is 34.5 Å². The Morgan fingerprint density at radius 1 is 1.12 bits per heavy atom. The first kappa shape index (κ1) is 26.7. The third-order valence-electron chi connectivity index (χ3n) is 8.88. The number of rotatable bonds is 8. The molecular weight excluding hydrogens is 503 g/mol. The lowest BCUT2D eigenvalue weighted by Crippen LogP contribution is -2.47. The van der Waals surface area contributed by atoms with E-state index in [2.05, 4.69) is 39.9 Å². The van der Waals surface area contributed by atoms with Gasteiger partial charge >= 0.3 is 6.03 Å². The Morgan fingerprint density at radius 3 is 2.67 bits per heavy atom. The molecule has 2 aliphatic carbocycles. The van der Waals surface area contributed by atoms with Crippen molar-refractivity contribution < 1.29 is 9.18 Å². The van der Waals surface area contributed by atoms with Crippen LogP contribution in [-0.2, 0) is 6.42 Å². The van der Waals surface area contributed by atoms with E-state index in [4.69, 9.17) is 5.10 Å². The number of aromatic nitrogens is 2. The van der Waals surface area contributed by atoms with Crippen LogP contribution in [0.3, 0.4) is 0 Å². The fourth-order valence-corrected chi connectivity index (χ4v) is 6.85. The molecule has 0 radical (unpaired) electrons. The summed E-state index contributed by atoms with van der Waals surface area (Å²) >= 11 is 0. The average Bonchev–Trinajstić information content (AvgIpc) is 3.59. The Bertz CT molecular complexity index is 1350. The quantitative estimate of drug-likeness (QED) is 0.361. The number of allylic oxidation sites excluding steroid dienone is 2. The fourth-order valence-electron chi connectivity index (χ4n) is 6.85. The largest absolute Gasteiger partial charge is 0.337 e. The Balaban J connectivity index is 1.15. The topological polar surface area (TPSA) is 74.2 Å². The molecule has 3 aliphatic rings. The molecule has 2 aromatic carbocycles. The highest BCUT2D eigenvalue weighted by molar-refractivity contribution is 5.74. The second-order valence-corrected chi connectivity index (χ2v) is 11.3. The molecule has 3 N–H and O–H groups in total. The van der Waals surface area contributed by atoms with Gasteiger partial charge in [0.2, 0.25) is 0 Å². The summed E-state index contributed by atoms with van der Waals surface area (Å²) in [6.07, 6.45) is 5.90. The van der Waals surface area contributed by atoms with E-state index in [9.17, 15) is 9.18 Å². The van der Waals surface area contributed by atoms with E-state index in [1.807, 2.05) is 29.1 Å². The molecule has 1 aromatic heterocycles. The van der Waals surface area contributed by atoms with Crippen LogP contribution in [0.1, 0.15) is 55.0 Å². The molecule has 1 aliphatic heterocycles. The zero-order chi connectivity index (χ0) is 27.5. The number of fused-ring (bicyclic) bond motifs is 1. The third-order valence-corrected chi connectivity index (χ3v) is 8.88. The van der Waals surface area contributed by atoms with Crippen molar-refractivity contribution in [2.45, 2.75) is 44.6 Å². The zero-order valence-corrected chi connectivity index (χ0v) is 23.2. The lowest BCUT2D eigenvalue weighted by Gasteiger charge is -2.30. The predicted octanol–water partition coefficient (Wildman–Crippen LogP) is 4.71. The highest BCUT2D eigenvalue weighted by Gasteiger charge is 2.37. The summed E-state index contributed by atoms with van der Waals surface area (Å²) in [5.41, 5.74) is 7.52. The van der Waals surface area contributed by atoms with Crippen molar-refractivity contribution in [3.63, 3.8) is 0 Å². The molecule has 0 bridgehead atoms. The van der Waals surface area contributed by atoms with Gasteiger partial charge in [-0.15, -0.1) is 0 Å². The van der Waals surface area contributed by atoms with E-state index in [1.54, 1.807) is 12.1 Å². The maximum atomic E-state index is 13.5. The fraction of sp³-hybridized carbons (Fsp3) is 0.438.